The van der Waals surface area contributed by atoms with Crippen LogP contribution in [0.25, 0.3) is 0 Å². The molecule has 0 aromatic carbocycles. The minimum Gasteiger partial charge on any atom is -0.371 e. The van der Waals surface area contributed by atoms with Gasteiger partial charge in [0.2, 0.25) is 5.91 Å². The maximum atomic E-state index is 11.5. The molecule has 1 fully saturated rings. The summed E-state index contributed by atoms with van der Waals surface area (Å²) in [5, 5.41) is 2.83. The molecule has 1 amide bonds. The molecule has 0 bridgehead atoms. The van der Waals surface area contributed by atoms with E-state index in [9.17, 15) is 4.79 Å². The largest absolute Gasteiger partial charge is 0.371 e. The first-order chi connectivity index (χ1) is 9.63. The summed E-state index contributed by atoms with van der Waals surface area (Å²) < 4.78 is 0. The molecule has 4 nitrogen and oxygen atoms in total. The summed E-state index contributed by atoms with van der Waals surface area (Å²) in [7, 11) is 0. The highest BCUT2D eigenvalue weighted by atomic mass is 16.1. The quantitative estimate of drug-likeness (QED) is 0.920. The van der Waals surface area contributed by atoms with E-state index in [1.165, 1.54) is 30.9 Å². The van der Waals surface area contributed by atoms with Crippen molar-refractivity contribution < 1.29 is 4.79 Å². The first-order valence-corrected chi connectivity index (χ1v) is 7.45. The molecule has 1 saturated heterocycles. The van der Waals surface area contributed by atoms with E-state index in [1.54, 1.807) is 6.20 Å². The first kappa shape index (κ1) is 13.4. The van der Waals surface area contributed by atoms with Crippen LogP contribution in [-0.4, -0.2) is 24.0 Å². The van der Waals surface area contributed by atoms with Gasteiger partial charge in [0.25, 0.3) is 0 Å². The fraction of sp³-hybridized carbons (Fsp3) is 0.562. The summed E-state index contributed by atoms with van der Waals surface area (Å²) >= 11 is 0. The van der Waals surface area contributed by atoms with Gasteiger partial charge in [0.15, 0.2) is 0 Å². The molecular weight excluding hydrogens is 250 g/mol. The van der Waals surface area contributed by atoms with Crippen LogP contribution in [0.4, 0.5) is 11.5 Å². The Balaban J connectivity index is 1.70. The molecule has 107 valence electrons. The van der Waals surface area contributed by atoms with Crippen molar-refractivity contribution in [2.24, 2.45) is 5.92 Å². The van der Waals surface area contributed by atoms with Crippen LogP contribution < -0.4 is 10.2 Å². The van der Waals surface area contributed by atoms with Gasteiger partial charge in [-0.25, -0.2) is 4.98 Å². The van der Waals surface area contributed by atoms with E-state index in [2.05, 4.69) is 35.1 Å². The molecule has 0 saturated carbocycles. The van der Waals surface area contributed by atoms with Crippen molar-refractivity contribution in [3.05, 3.63) is 23.7 Å². The van der Waals surface area contributed by atoms with E-state index in [-0.39, 0.29) is 5.91 Å². The monoisotopic (exact) mass is 272 g/mol. The van der Waals surface area contributed by atoms with Crippen LogP contribution in [0.2, 0.25) is 0 Å². The molecule has 1 radical (unpaired) electrons. The average Bonchev–Trinajstić information content (AvgIpc) is 2.79. The number of nitrogens with one attached hydrogen (secondary N) is 1. The summed E-state index contributed by atoms with van der Waals surface area (Å²) in [5.74, 6) is 3.17. The molecule has 20 heavy (non-hydrogen) atoms. The lowest BCUT2D eigenvalue weighted by atomic mass is 9.88. The van der Waals surface area contributed by atoms with Crippen molar-refractivity contribution in [1.29, 1.82) is 0 Å². The summed E-state index contributed by atoms with van der Waals surface area (Å²) in [6.07, 6.45) is 6.01. The van der Waals surface area contributed by atoms with Crippen LogP contribution >= 0.6 is 0 Å². The topological polar surface area (TPSA) is 45.2 Å². The van der Waals surface area contributed by atoms with Gasteiger partial charge in [-0.05, 0) is 37.2 Å². The Kier molecular flexibility index (Phi) is 3.64. The molecule has 1 N–H and O–H groups in total. The number of pyridine rings is 1. The summed E-state index contributed by atoms with van der Waals surface area (Å²) in [4.78, 5) is 18.2. The van der Waals surface area contributed by atoms with E-state index < -0.39 is 0 Å². The normalized spacial score (nSPS) is 19.4. The second-order valence-electron chi connectivity index (χ2n) is 6.22. The van der Waals surface area contributed by atoms with Gasteiger partial charge in [-0.15, -0.1) is 0 Å². The average molecular weight is 272 g/mol. The number of rotatable bonds is 3. The third kappa shape index (κ3) is 2.65. The predicted molar refractivity (Wildman–Crippen MR) is 80.7 cm³/mol. The van der Waals surface area contributed by atoms with Gasteiger partial charge < -0.3 is 10.2 Å². The lowest BCUT2D eigenvalue weighted by Gasteiger charge is -2.35. The van der Waals surface area contributed by atoms with Crippen LogP contribution in [0, 0.1) is 11.8 Å². The Hall–Kier alpha value is -1.58. The van der Waals surface area contributed by atoms with Gasteiger partial charge in [-0.1, -0.05) is 13.8 Å². The fourth-order valence-corrected chi connectivity index (χ4v) is 3.35. The zero-order chi connectivity index (χ0) is 14.1. The number of piperidine rings is 1. The van der Waals surface area contributed by atoms with E-state index >= 15 is 0 Å². The predicted octanol–water partition coefficient (Wildman–Crippen LogP) is 2.80. The molecule has 2 aliphatic heterocycles. The molecule has 0 unspecified atom stereocenters. The Morgan fingerprint density at radius 3 is 2.85 bits per heavy atom. The van der Waals surface area contributed by atoms with Crippen LogP contribution in [0.15, 0.2) is 12.3 Å². The Morgan fingerprint density at radius 2 is 2.15 bits per heavy atom. The van der Waals surface area contributed by atoms with E-state index in [0.717, 1.165) is 30.4 Å². The third-order valence-corrected chi connectivity index (χ3v) is 4.28. The number of hydrogen-bond acceptors (Lipinski definition) is 3. The Bertz CT molecular complexity index is 504. The van der Waals surface area contributed by atoms with E-state index in [1.807, 2.05) is 0 Å². The minimum atomic E-state index is 0.0612. The fourth-order valence-electron chi connectivity index (χ4n) is 3.35. The van der Waals surface area contributed by atoms with Gasteiger partial charge in [0.05, 0.1) is 6.42 Å². The number of fused-ring (bicyclic) bond motifs is 1. The maximum absolute atomic E-state index is 11.5. The van der Waals surface area contributed by atoms with Crippen molar-refractivity contribution in [3.8, 4) is 0 Å². The summed E-state index contributed by atoms with van der Waals surface area (Å²) in [6.45, 7) is 6.62. The van der Waals surface area contributed by atoms with Crippen LogP contribution in [0.5, 0.6) is 0 Å². The van der Waals surface area contributed by atoms with Gasteiger partial charge in [-0.3, -0.25) is 4.79 Å². The number of carbonyl (C=O) groups excluding carboxylic acids is 1. The highest BCUT2D eigenvalue weighted by Crippen LogP contribution is 2.34. The number of hydrogen-bond donors (Lipinski definition) is 1. The molecular formula is C16H22N3O. The van der Waals surface area contributed by atoms with Crippen molar-refractivity contribution in [1.82, 2.24) is 4.98 Å². The van der Waals surface area contributed by atoms with Gasteiger partial charge in [0.1, 0.15) is 5.82 Å². The van der Waals surface area contributed by atoms with Crippen molar-refractivity contribution in [2.75, 3.05) is 23.3 Å². The molecule has 0 spiro atoms. The van der Waals surface area contributed by atoms with E-state index in [0.29, 0.717) is 6.42 Å². The Labute approximate surface area is 120 Å². The zero-order valence-electron chi connectivity index (χ0n) is 12.3. The molecule has 3 heterocycles. The van der Waals surface area contributed by atoms with Crippen LogP contribution in [0.1, 0.15) is 38.7 Å². The molecule has 1 aromatic heterocycles. The highest BCUT2D eigenvalue weighted by molar-refractivity contribution is 6.00. The lowest BCUT2D eigenvalue weighted by Crippen LogP contribution is -2.34. The molecule has 4 heteroatoms. The van der Waals surface area contributed by atoms with Crippen molar-refractivity contribution in [2.45, 2.75) is 39.5 Å². The number of amides is 1. The number of aromatic nitrogens is 1. The molecule has 1 aromatic rings. The number of anilines is 2. The first-order valence-electron chi connectivity index (χ1n) is 7.45. The van der Waals surface area contributed by atoms with Crippen LogP contribution in [-0.2, 0) is 11.2 Å². The third-order valence-electron chi connectivity index (χ3n) is 4.28. The summed E-state index contributed by atoms with van der Waals surface area (Å²) in [6, 6.07) is 2.05. The second kappa shape index (κ2) is 5.43. The molecule has 0 aliphatic carbocycles. The molecule has 3 rings (SSSR count). The second-order valence-corrected chi connectivity index (χ2v) is 6.22. The maximum Gasteiger partial charge on any atom is 0.230 e. The van der Waals surface area contributed by atoms with Crippen LogP contribution in [0.3, 0.4) is 0 Å². The number of nitrogens with zero attached hydrogens (tertiary/aromatic N) is 2. The smallest absolute Gasteiger partial charge is 0.230 e. The van der Waals surface area contributed by atoms with Crippen molar-refractivity contribution >= 4 is 17.4 Å². The SMILES string of the molecule is C[C](C)CC1CCN(c2ccnc3c2CC(=O)N3)CC1. The van der Waals surface area contributed by atoms with Gasteiger partial charge in [0, 0.05) is 30.5 Å². The Morgan fingerprint density at radius 1 is 1.40 bits per heavy atom. The lowest BCUT2D eigenvalue weighted by molar-refractivity contribution is -0.115. The standard InChI is InChI=1S/C16H22N3O/c1-11(2)9-12-4-7-19(8-5-12)14-3-6-17-16-13(14)10-15(20)18-16/h3,6,12H,4-5,7-10H2,1-2H3,(H,17,18,20). The molecule has 2 aliphatic rings. The molecule has 0 atom stereocenters. The number of carbonyl (C=O) groups is 1. The van der Waals surface area contributed by atoms with Gasteiger partial charge >= 0.3 is 0 Å². The zero-order valence-corrected chi connectivity index (χ0v) is 12.3. The van der Waals surface area contributed by atoms with Crippen molar-refractivity contribution in [3.63, 3.8) is 0 Å². The summed E-state index contributed by atoms with van der Waals surface area (Å²) in [5.41, 5.74) is 2.28. The van der Waals surface area contributed by atoms with E-state index in [4.69, 9.17) is 0 Å². The van der Waals surface area contributed by atoms with Gasteiger partial charge in [-0.2, -0.15) is 0 Å². The highest BCUT2D eigenvalue weighted by Gasteiger charge is 2.27. The minimum absolute atomic E-state index is 0.0612.